The summed E-state index contributed by atoms with van der Waals surface area (Å²) in [5, 5.41) is 0.517. The van der Waals surface area contributed by atoms with Gasteiger partial charge in [-0.05, 0) is 24.6 Å². The highest BCUT2D eigenvalue weighted by molar-refractivity contribution is 8.00. The van der Waals surface area contributed by atoms with E-state index in [9.17, 15) is 14.4 Å². The van der Waals surface area contributed by atoms with Crippen LogP contribution in [-0.2, 0) is 10.6 Å². The van der Waals surface area contributed by atoms with Crippen LogP contribution >= 0.6 is 23.1 Å². The van der Waals surface area contributed by atoms with E-state index in [2.05, 4.69) is 4.98 Å². The molecule has 0 N–H and O–H groups in total. The number of rotatable bonds is 5. The van der Waals surface area contributed by atoms with Gasteiger partial charge in [-0.25, -0.2) is 9.78 Å². The molecule has 28 heavy (non-hydrogen) atoms. The molecule has 1 aliphatic heterocycles. The van der Waals surface area contributed by atoms with E-state index in [1.807, 2.05) is 30.3 Å². The number of carbonyl (C=O) groups is 3. The fourth-order valence-corrected chi connectivity index (χ4v) is 4.73. The topological polar surface area (TPSA) is 76.6 Å². The molecule has 1 aliphatic rings. The van der Waals surface area contributed by atoms with Gasteiger partial charge in [-0.1, -0.05) is 59.3 Å². The Morgan fingerprint density at radius 2 is 1.64 bits per heavy atom. The van der Waals surface area contributed by atoms with Crippen molar-refractivity contribution in [2.45, 2.75) is 17.0 Å². The van der Waals surface area contributed by atoms with E-state index < -0.39 is 17.8 Å². The molecule has 140 valence electrons. The van der Waals surface area contributed by atoms with Crippen LogP contribution in [0.1, 0.15) is 41.6 Å². The second-order valence-electron chi connectivity index (χ2n) is 6.00. The summed E-state index contributed by atoms with van der Waals surface area (Å²) in [4.78, 5) is 47.0. The average molecular weight is 410 g/mol. The molecule has 0 spiro atoms. The molecule has 2 heterocycles. The van der Waals surface area contributed by atoms with E-state index in [1.165, 1.54) is 35.2 Å². The van der Waals surface area contributed by atoms with Crippen molar-refractivity contribution in [3.8, 4) is 0 Å². The van der Waals surface area contributed by atoms with Gasteiger partial charge in [-0.2, -0.15) is 0 Å². The Morgan fingerprint density at radius 1 is 1.04 bits per heavy atom. The van der Waals surface area contributed by atoms with Crippen molar-refractivity contribution in [1.29, 1.82) is 0 Å². The van der Waals surface area contributed by atoms with Crippen molar-refractivity contribution in [1.82, 2.24) is 10.0 Å². The SMILES string of the molecule is Cc1nc(SCc2ccccc2)sc1C(=O)ON1C(=O)c2ccccc2C1=O. The molecule has 0 atom stereocenters. The Bertz CT molecular complexity index is 1040. The minimum Gasteiger partial charge on any atom is -0.323 e. The number of hydrogen-bond acceptors (Lipinski definition) is 7. The number of fused-ring (bicyclic) bond motifs is 1. The molecule has 4 rings (SSSR count). The summed E-state index contributed by atoms with van der Waals surface area (Å²) < 4.78 is 0.718. The number of amides is 2. The third kappa shape index (κ3) is 3.44. The van der Waals surface area contributed by atoms with E-state index >= 15 is 0 Å². The number of thiazole rings is 1. The Balaban J connectivity index is 1.46. The zero-order chi connectivity index (χ0) is 19.7. The maximum Gasteiger partial charge on any atom is 0.375 e. The fourth-order valence-electron chi connectivity index (χ4n) is 2.72. The van der Waals surface area contributed by atoms with Gasteiger partial charge in [-0.3, -0.25) is 9.59 Å². The second-order valence-corrected chi connectivity index (χ2v) is 8.22. The molecule has 8 heteroatoms. The van der Waals surface area contributed by atoms with Crippen LogP contribution in [0.4, 0.5) is 0 Å². The summed E-state index contributed by atoms with van der Waals surface area (Å²) in [6.45, 7) is 1.70. The lowest BCUT2D eigenvalue weighted by atomic mass is 10.1. The number of aromatic nitrogens is 1. The van der Waals surface area contributed by atoms with Gasteiger partial charge in [0.15, 0.2) is 4.34 Å². The fraction of sp³-hybridized carbons (Fsp3) is 0.100. The smallest absolute Gasteiger partial charge is 0.323 e. The van der Waals surface area contributed by atoms with Crippen LogP contribution in [0.25, 0.3) is 0 Å². The normalized spacial score (nSPS) is 13.0. The summed E-state index contributed by atoms with van der Waals surface area (Å²) in [5.41, 5.74) is 2.10. The lowest BCUT2D eigenvalue weighted by Gasteiger charge is -2.11. The van der Waals surface area contributed by atoms with Gasteiger partial charge < -0.3 is 4.84 Å². The molecule has 0 radical (unpaired) electrons. The van der Waals surface area contributed by atoms with Crippen LogP contribution in [0, 0.1) is 6.92 Å². The zero-order valence-corrected chi connectivity index (χ0v) is 16.4. The van der Waals surface area contributed by atoms with Gasteiger partial charge in [-0.15, -0.1) is 11.3 Å². The van der Waals surface area contributed by atoms with Crippen LogP contribution in [0.2, 0.25) is 0 Å². The third-order valence-corrected chi connectivity index (χ3v) is 6.45. The first-order valence-corrected chi connectivity index (χ1v) is 10.2. The number of thioether (sulfide) groups is 1. The monoisotopic (exact) mass is 410 g/mol. The molecule has 0 saturated carbocycles. The first-order chi connectivity index (χ1) is 13.5. The van der Waals surface area contributed by atoms with Crippen molar-refractivity contribution in [2.75, 3.05) is 0 Å². The molecule has 6 nitrogen and oxygen atoms in total. The highest BCUT2D eigenvalue weighted by Crippen LogP contribution is 2.31. The molecule has 0 saturated heterocycles. The Morgan fingerprint density at radius 3 is 2.29 bits per heavy atom. The van der Waals surface area contributed by atoms with E-state index in [0.29, 0.717) is 10.8 Å². The Labute approximate surface area is 169 Å². The molecule has 0 unspecified atom stereocenters. The number of hydrogen-bond donors (Lipinski definition) is 0. The van der Waals surface area contributed by atoms with Gasteiger partial charge in [0.25, 0.3) is 11.8 Å². The molecule has 0 aliphatic carbocycles. The number of hydroxylamine groups is 2. The van der Waals surface area contributed by atoms with E-state index in [-0.39, 0.29) is 16.0 Å². The number of carbonyl (C=O) groups excluding carboxylic acids is 3. The highest BCUT2D eigenvalue weighted by atomic mass is 32.2. The first kappa shape index (κ1) is 18.4. The number of nitrogens with zero attached hydrogens (tertiary/aromatic N) is 2. The maximum absolute atomic E-state index is 12.5. The molecule has 0 bridgehead atoms. The van der Waals surface area contributed by atoms with E-state index in [1.54, 1.807) is 19.1 Å². The van der Waals surface area contributed by atoms with Crippen LogP contribution in [-0.4, -0.2) is 27.8 Å². The van der Waals surface area contributed by atoms with E-state index in [0.717, 1.165) is 15.7 Å². The highest BCUT2D eigenvalue weighted by Gasteiger charge is 2.39. The predicted octanol–water partition coefficient (Wildman–Crippen LogP) is 4.11. The van der Waals surface area contributed by atoms with Gasteiger partial charge in [0.1, 0.15) is 4.88 Å². The number of imide groups is 1. The second kappa shape index (κ2) is 7.57. The Kier molecular flexibility index (Phi) is 4.97. The third-order valence-electron chi connectivity index (χ3n) is 4.10. The summed E-state index contributed by atoms with van der Waals surface area (Å²) in [5.74, 6) is -1.33. The van der Waals surface area contributed by atoms with Crippen molar-refractivity contribution < 1.29 is 19.2 Å². The van der Waals surface area contributed by atoms with Crippen molar-refractivity contribution in [2.24, 2.45) is 0 Å². The van der Waals surface area contributed by atoms with Crippen LogP contribution in [0.3, 0.4) is 0 Å². The quantitative estimate of drug-likeness (QED) is 0.465. The number of aryl methyl sites for hydroxylation is 1. The van der Waals surface area contributed by atoms with Crippen LogP contribution in [0.5, 0.6) is 0 Å². The lowest BCUT2D eigenvalue weighted by Crippen LogP contribution is -2.32. The van der Waals surface area contributed by atoms with Gasteiger partial charge in [0.2, 0.25) is 0 Å². The Hall–Kier alpha value is -2.97. The minimum absolute atomic E-state index is 0.223. The molecule has 2 aromatic carbocycles. The van der Waals surface area contributed by atoms with Crippen LogP contribution < -0.4 is 0 Å². The summed E-state index contributed by atoms with van der Waals surface area (Å²) >= 11 is 2.70. The van der Waals surface area contributed by atoms with Gasteiger partial charge >= 0.3 is 5.97 Å². The van der Waals surface area contributed by atoms with Crippen molar-refractivity contribution >= 4 is 40.9 Å². The molecule has 0 fully saturated rings. The largest absolute Gasteiger partial charge is 0.375 e. The predicted molar refractivity (Wildman–Crippen MR) is 105 cm³/mol. The summed E-state index contributed by atoms with van der Waals surface area (Å²) in [6, 6.07) is 16.3. The average Bonchev–Trinajstić information content (AvgIpc) is 3.20. The molecular formula is C20H14N2O4S2. The van der Waals surface area contributed by atoms with Gasteiger partial charge in [0.05, 0.1) is 16.8 Å². The molecule has 3 aromatic rings. The number of benzene rings is 2. The van der Waals surface area contributed by atoms with Crippen molar-refractivity contribution in [3.63, 3.8) is 0 Å². The summed E-state index contributed by atoms with van der Waals surface area (Å²) in [6.07, 6.45) is 0. The maximum atomic E-state index is 12.5. The summed E-state index contributed by atoms with van der Waals surface area (Å²) in [7, 11) is 0. The molecule has 2 amide bonds. The molecular weight excluding hydrogens is 396 g/mol. The molecule has 1 aromatic heterocycles. The first-order valence-electron chi connectivity index (χ1n) is 8.39. The van der Waals surface area contributed by atoms with Gasteiger partial charge in [0, 0.05) is 5.75 Å². The lowest BCUT2D eigenvalue weighted by molar-refractivity contribution is -0.0581. The standard InChI is InChI=1S/C20H14N2O4S2/c1-12-16(28-20(21-12)27-11-13-7-3-2-4-8-13)19(25)26-22-17(23)14-9-5-6-10-15(14)18(22)24/h2-10H,11H2,1H3. The van der Waals surface area contributed by atoms with Crippen molar-refractivity contribution in [3.05, 3.63) is 81.9 Å². The van der Waals surface area contributed by atoms with E-state index in [4.69, 9.17) is 4.84 Å². The van der Waals surface area contributed by atoms with Crippen LogP contribution in [0.15, 0.2) is 58.9 Å². The minimum atomic E-state index is -0.768. The zero-order valence-electron chi connectivity index (χ0n) is 14.7.